The van der Waals surface area contributed by atoms with Crippen LogP contribution in [0.2, 0.25) is 5.02 Å². The molecule has 0 bridgehead atoms. The number of nitro benzene ring substituents is 2. The Morgan fingerprint density at radius 2 is 1.70 bits per heavy atom. The van der Waals surface area contributed by atoms with Crippen molar-refractivity contribution in [3.8, 4) is 0 Å². The summed E-state index contributed by atoms with van der Waals surface area (Å²) >= 11 is 6.83. The van der Waals surface area contributed by atoms with E-state index in [9.17, 15) is 33.4 Å². The van der Waals surface area contributed by atoms with Gasteiger partial charge in [-0.3, -0.25) is 29.9 Å². The Morgan fingerprint density at radius 1 is 1.09 bits per heavy atom. The second-order valence-corrected chi connectivity index (χ2v) is 9.40. The van der Waals surface area contributed by atoms with Gasteiger partial charge in [-0.05, 0) is 36.0 Å². The number of non-ortho nitro benzene ring substituents is 2. The number of nitro groups is 2. The lowest BCUT2D eigenvalue weighted by Crippen LogP contribution is -2.29. The highest BCUT2D eigenvalue weighted by Crippen LogP contribution is 2.35. The van der Waals surface area contributed by atoms with Crippen LogP contribution in [-0.4, -0.2) is 40.8 Å². The molecule has 1 fully saturated rings. The van der Waals surface area contributed by atoms with E-state index < -0.39 is 25.8 Å². The summed E-state index contributed by atoms with van der Waals surface area (Å²) in [5.41, 5.74) is -0.335. The molecule has 11 nitrogen and oxygen atoms in total. The van der Waals surface area contributed by atoms with Crippen LogP contribution >= 0.6 is 23.4 Å². The van der Waals surface area contributed by atoms with Crippen LogP contribution in [0.3, 0.4) is 0 Å². The molecule has 0 atom stereocenters. The van der Waals surface area contributed by atoms with Gasteiger partial charge in [0, 0.05) is 41.4 Å². The van der Waals surface area contributed by atoms with Crippen molar-refractivity contribution in [2.24, 2.45) is 4.40 Å². The summed E-state index contributed by atoms with van der Waals surface area (Å²) < 4.78 is 29.1. The molecule has 170 valence electrons. The molecule has 1 amide bonds. The zero-order chi connectivity index (χ0) is 24.3. The van der Waals surface area contributed by atoms with Gasteiger partial charge in [0.1, 0.15) is 0 Å². The minimum absolute atomic E-state index is 0.0388. The van der Waals surface area contributed by atoms with E-state index in [1.54, 1.807) is 0 Å². The molecule has 2 aromatic carbocycles. The molecule has 1 aliphatic heterocycles. The van der Waals surface area contributed by atoms with E-state index in [0.717, 1.165) is 40.9 Å². The normalized spacial score (nSPS) is 16.4. The maximum absolute atomic E-state index is 12.8. The third kappa shape index (κ3) is 5.27. The van der Waals surface area contributed by atoms with Crippen LogP contribution in [0, 0.1) is 20.2 Å². The van der Waals surface area contributed by atoms with Crippen molar-refractivity contribution in [3.05, 3.63) is 90.8 Å². The second kappa shape index (κ2) is 9.52. The minimum Gasteiger partial charge on any atom is -0.282 e. The Labute approximate surface area is 196 Å². The van der Waals surface area contributed by atoms with Gasteiger partial charge in [0.05, 0.1) is 19.6 Å². The maximum atomic E-state index is 12.8. The van der Waals surface area contributed by atoms with Gasteiger partial charge in [-0.1, -0.05) is 17.7 Å². The first kappa shape index (κ1) is 24.1. The predicted molar refractivity (Wildman–Crippen MR) is 123 cm³/mol. The van der Waals surface area contributed by atoms with Crippen molar-refractivity contribution in [1.82, 2.24) is 4.90 Å². The Morgan fingerprint density at radius 3 is 2.27 bits per heavy atom. The SMILES string of the molecule is C=CCN1C(=O)/C(=C\c2cc([N+](=O)[O-])ccc2Cl)SC1=NS(=O)(=O)c1ccc([N+](=O)[O-])cc1. The van der Waals surface area contributed by atoms with Gasteiger partial charge in [-0.25, -0.2) is 0 Å². The fourth-order valence-electron chi connectivity index (χ4n) is 2.66. The van der Waals surface area contributed by atoms with Crippen LogP contribution in [-0.2, 0) is 14.8 Å². The fraction of sp³-hybridized carbons (Fsp3) is 0.0526. The Kier molecular flexibility index (Phi) is 6.95. The number of hydrogen-bond acceptors (Lipinski definition) is 8. The lowest BCUT2D eigenvalue weighted by atomic mass is 10.2. The molecule has 33 heavy (non-hydrogen) atoms. The van der Waals surface area contributed by atoms with Crippen LogP contribution in [0.15, 0.2) is 69.3 Å². The van der Waals surface area contributed by atoms with Crippen molar-refractivity contribution in [3.63, 3.8) is 0 Å². The average Bonchev–Trinajstić information content (AvgIpc) is 3.03. The minimum atomic E-state index is -4.31. The Hall–Kier alpha value is -3.55. The Bertz CT molecular complexity index is 1340. The lowest BCUT2D eigenvalue weighted by molar-refractivity contribution is -0.385. The van der Waals surface area contributed by atoms with E-state index >= 15 is 0 Å². The third-order valence-electron chi connectivity index (χ3n) is 4.22. The molecule has 3 rings (SSSR count). The highest BCUT2D eigenvalue weighted by atomic mass is 35.5. The number of benzene rings is 2. The molecule has 1 aliphatic rings. The van der Waals surface area contributed by atoms with Crippen LogP contribution in [0.4, 0.5) is 11.4 Å². The van der Waals surface area contributed by atoms with Crippen molar-refractivity contribution in [2.45, 2.75) is 4.90 Å². The number of carbonyl (C=O) groups excluding carboxylic acids is 1. The zero-order valence-electron chi connectivity index (χ0n) is 16.5. The van der Waals surface area contributed by atoms with E-state index in [4.69, 9.17) is 11.6 Å². The van der Waals surface area contributed by atoms with Crippen molar-refractivity contribution < 1.29 is 23.1 Å². The van der Waals surface area contributed by atoms with Gasteiger partial charge in [-0.2, -0.15) is 8.42 Å². The number of sulfonamides is 1. The van der Waals surface area contributed by atoms with Gasteiger partial charge in [-0.15, -0.1) is 11.0 Å². The molecule has 14 heteroatoms. The molecule has 1 heterocycles. The van der Waals surface area contributed by atoms with Gasteiger partial charge >= 0.3 is 0 Å². The first-order valence-electron chi connectivity index (χ1n) is 8.89. The molecule has 0 aliphatic carbocycles. The van der Waals surface area contributed by atoms with E-state index in [1.165, 1.54) is 30.4 Å². The fourth-order valence-corrected chi connectivity index (χ4v) is 5.01. The quantitative estimate of drug-likeness (QED) is 0.235. The number of nitrogens with zero attached hydrogens (tertiary/aromatic N) is 4. The average molecular weight is 509 g/mol. The number of rotatable bonds is 7. The highest BCUT2D eigenvalue weighted by Gasteiger charge is 2.34. The molecule has 0 saturated carbocycles. The van der Waals surface area contributed by atoms with Crippen LogP contribution in [0.5, 0.6) is 0 Å². The molecule has 2 aromatic rings. The number of carbonyl (C=O) groups is 1. The van der Waals surface area contributed by atoms with E-state index in [0.29, 0.717) is 0 Å². The van der Waals surface area contributed by atoms with E-state index in [1.807, 2.05) is 0 Å². The molecule has 0 unspecified atom stereocenters. The lowest BCUT2D eigenvalue weighted by Gasteiger charge is -2.12. The molecule has 1 saturated heterocycles. The summed E-state index contributed by atoms with van der Waals surface area (Å²) in [4.78, 5) is 34.2. The highest BCUT2D eigenvalue weighted by molar-refractivity contribution is 8.19. The predicted octanol–water partition coefficient (Wildman–Crippen LogP) is 4.00. The van der Waals surface area contributed by atoms with Gasteiger partial charge in [0.2, 0.25) is 0 Å². The smallest absolute Gasteiger partial charge is 0.282 e. The zero-order valence-corrected chi connectivity index (χ0v) is 18.8. The van der Waals surface area contributed by atoms with Gasteiger partial charge < -0.3 is 0 Å². The van der Waals surface area contributed by atoms with E-state index in [-0.39, 0.29) is 43.5 Å². The number of amides is 1. The molecule has 0 aromatic heterocycles. The van der Waals surface area contributed by atoms with Crippen LogP contribution in [0.1, 0.15) is 5.56 Å². The molecular weight excluding hydrogens is 496 g/mol. The third-order valence-corrected chi connectivity index (χ3v) is 6.97. The van der Waals surface area contributed by atoms with Crippen molar-refractivity contribution >= 4 is 61.9 Å². The summed E-state index contributed by atoms with van der Waals surface area (Å²) in [6.07, 6.45) is 2.68. The van der Waals surface area contributed by atoms with Crippen LogP contribution in [0.25, 0.3) is 6.08 Å². The second-order valence-electron chi connectivity index (χ2n) is 6.38. The molecule has 0 N–H and O–H groups in total. The van der Waals surface area contributed by atoms with Crippen molar-refractivity contribution in [2.75, 3.05) is 6.54 Å². The largest absolute Gasteiger partial charge is 0.284 e. The topological polar surface area (TPSA) is 153 Å². The summed E-state index contributed by atoms with van der Waals surface area (Å²) in [7, 11) is -4.31. The summed E-state index contributed by atoms with van der Waals surface area (Å²) in [5.74, 6) is -0.597. The first-order valence-corrected chi connectivity index (χ1v) is 11.5. The number of amidine groups is 1. The van der Waals surface area contributed by atoms with Gasteiger partial charge in [0.25, 0.3) is 27.3 Å². The summed E-state index contributed by atoms with van der Waals surface area (Å²) in [6, 6.07) is 7.83. The first-order chi connectivity index (χ1) is 15.5. The number of halogens is 1. The number of hydrogen-bond donors (Lipinski definition) is 0. The maximum Gasteiger partial charge on any atom is 0.284 e. The van der Waals surface area contributed by atoms with Crippen LogP contribution < -0.4 is 0 Å². The molecule has 0 radical (unpaired) electrons. The Balaban J connectivity index is 2.01. The molecular formula is C19H13ClN4O7S2. The standard InChI is InChI=1S/C19H13ClN4O7S2/c1-2-9-22-18(25)17(11-12-10-14(24(28)29)5-8-16(12)20)32-19(22)21-33(30,31)15-6-3-13(4-7-15)23(26)27/h2-8,10-11H,1,9H2/b17-11+,21-19?. The number of thioether (sulfide) groups is 1. The molecule has 0 spiro atoms. The van der Waals surface area contributed by atoms with Crippen molar-refractivity contribution in [1.29, 1.82) is 0 Å². The summed E-state index contributed by atoms with van der Waals surface area (Å²) in [6.45, 7) is 3.49. The monoisotopic (exact) mass is 508 g/mol. The summed E-state index contributed by atoms with van der Waals surface area (Å²) in [5, 5.41) is 21.8. The van der Waals surface area contributed by atoms with Gasteiger partial charge in [0.15, 0.2) is 5.17 Å². The van der Waals surface area contributed by atoms with E-state index in [2.05, 4.69) is 11.0 Å².